The van der Waals surface area contributed by atoms with E-state index in [9.17, 15) is 31.5 Å². The number of aryl methyl sites for hydroxylation is 2. The summed E-state index contributed by atoms with van der Waals surface area (Å²) < 4.78 is 70.9. The summed E-state index contributed by atoms with van der Waals surface area (Å²) in [4.78, 5) is 18.6. The predicted molar refractivity (Wildman–Crippen MR) is 160 cm³/mol. The Morgan fingerprint density at radius 2 is 1.93 bits per heavy atom. The maximum atomic E-state index is 14.1. The van der Waals surface area contributed by atoms with Crippen LogP contribution < -0.4 is 4.90 Å². The van der Waals surface area contributed by atoms with Crippen LogP contribution in [0.4, 0.5) is 19.0 Å². The van der Waals surface area contributed by atoms with Gasteiger partial charge in [0.05, 0.1) is 11.4 Å². The molecule has 10 nitrogen and oxygen atoms in total. The van der Waals surface area contributed by atoms with Crippen molar-refractivity contribution in [2.45, 2.75) is 69.1 Å². The topological polar surface area (TPSA) is 121 Å². The number of carboxylic acids is 1. The Hall–Kier alpha value is -3.75. The summed E-state index contributed by atoms with van der Waals surface area (Å²) in [5, 5.41) is 17.1. The summed E-state index contributed by atoms with van der Waals surface area (Å²) in [6.07, 6.45) is 0.265. The van der Waals surface area contributed by atoms with E-state index >= 15 is 0 Å². The molecule has 238 valence electrons. The highest BCUT2D eigenvalue weighted by Gasteiger charge is 2.40. The van der Waals surface area contributed by atoms with Crippen molar-refractivity contribution in [3.8, 4) is 0 Å². The molecular formula is C30H30ClF3N6O4S. The van der Waals surface area contributed by atoms with Crippen molar-refractivity contribution in [3.63, 3.8) is 0 Å². The highest BCUT2D eigenvalue weighted by Crippen LogP contribution is 2.38. The third-order valence-electron chi connectivity index (χ3n) is 8.73. The molecule has 0 aliphatic carbocycles. The Labute approximate surface area is 262 Å². The van der Waals surface area contributed by atoms with Gasteiger partial charge in [0.25, 0.3) is 0 Å². The molecule has 0 unspecified atom stereocenters. The Morgan fingerprint density at radius 3 is 2.67 bits per heavy atom. The van der Waals surface area contributed by atoms with Crippen LogP contribution in [0.5, 0.6) is 0 Å². The largest absolute Gasteiger partial charge is 0.481 e. The first kappa shape index (κ1) is 31.2. The van der Waals surface area contributed by atoms with Crippen LogP contribution in [0.15, 0.2) is 47.6 Å². The van der Waals surface area contributed by atoms with Crippen LogP contribution in [0.2, 0.25) is 5.02 Å². The molecule has 4 aromatic rings. The fourth-order valence-electron chi connectivity index (χ4n) is 6.43. The molecule has 15 heteroatoms. The normalized spacial score (nSPS) is 19.2. The SMILES string of the molecule is Cc1ccc([C@H](CC(=O)O)c2ccn3c(C(F)(F)F)nnc3c2C)cc1CN1C[C@@H]2CCCCN2c2ncc(Cl)cc2S1(=O)=O. The maximum absolute atomic E-state index is 14.1. The molecule has 0 amide bonds. The van der Waals surface area contributed by atoms with Gasteiger partial charge in [-0.15, -0.1) is 10.2 Å². The molecule has 1 saturated heterocycles. The van der Waals surface area contributed by atoms with Gasteiger partial charge in [-0.3, -0.25) is 9.20 Å². The number of benzene rings is 1. The number of aliphatic carboxylic acids is 1. The minimum Gasteiger partial charge on any atom is -0.481 e. The number of alkyl halides is 3. The number of carbonyl (C=O) groups is 1. The van der Waals surface area contributed by atoms with Crippen LogP contribution in [0.3, 0.4) is 0 Å². The zero-order valence-corrected chi connectivity index (χ0v) is 26.0. The van der Waals surface area contributed by atoms with Gasteiger partial charge >= 0.3 is 12.1 Å². The number of anilines is 1. The summed E-state index contributed by atoms with van der Waals surface area (Å²) in [7, 11) is -4.02. The lowest BCUT2D eigenvalue weighted by Gasteiger charge is -2.36. The number of halogens is 4. The number of rotatable bonds is 6. The third kappa shape index (κ3) is 5.74. The van der Waals surface area contributed by atoms with E-state index in [0.717, 1.165) is 29.2 Å². The summed E-state index contributed by atoms with van der Waals surface area (Å²) in [6, 6.07) is 8.16. The van der Waals surface area contributed by atoms with E-state index < -0.39 is 33.9 Å². The average Bonchev–Trinajstić information content (AvgIpc) is 3.40. The van der Waals surface area contributed by atoms with Crippen LogP contribution in [-0.2, 0) is 27.5 Å². The highest BCUT2D eigenvalue weighted by atomic mass is 35.5. The quantitative estimate of drug-likeness (QED) is 0.284. The number of fused-ring (bicyclic) bond motifs is 4. The summed E-state index contributed by atoms with van der Waals surface area (Å²) in [5.74, 6) is -2.64. The molecule has 5 heterocycles. The van der Waals surface area contributed by atoms with Gasteiger partial charge in [0.2, 0.25) is 15.8 Å². The van der Waals surface area contributed by atoms with Crippen molar-refractivity contribution in [2.75, 3.05) is 18.0 Å². The third-order valence-corrected chi connectivity index (χ3v) is 10.7. The van der Waals surface area contributed by atoms with E-state index in [1.165, 1.54) is 28.8 Å². The number of carboxylic acid groups (broad SMARTS) is 1. The molecule has 45 heavy (non-hydrogen) atoms. The lowest BCUT2D eigenvalue weighted by atomic mass is 9.85. The molecule has 0 spiro atoms. The molecule has 1 N–H and O–H groups in total. The van der Waals surface area contributed by atoms with E-state index in [2.05, 4.69) is 15.2 Å². The number of piperidine rings is 1. The molecule has 2 aliphatic rings. The first-order valence-electron chi connectivity index (χ1n) is 14.4. The fraction of sp³-hybridized carbons (Fsp3) is 0.400. The Bertz CT molecular complexity index is 1920. The highest BCUT2D eigenvalue weighted by molar-refractivity contribution is 7.89. The minimum atomic E-state index is -4.72. The van der Waals surface area contributed by atoms with Gasteiger partial charge in [0.15, 0.2) is 5.65 Å². The van der Waals surface area contributed by atoms with Gasteiger partial charge in [0.1, 0.15) is 10.7 Å². The first-order valence-corrected chi connectivity index (χ1v) is 16.2. The molecular weight excluding hydrogens is 633 g/mol. The van der Waals surface area contributed by atoms with E-state index in [-0.39, 0.29) is 41.1 Å². The van der Waals surface area contributed by atoms with Crippen LogP contribution in [0.25, 0.3) is 5.65 Å². The molecule has 1 fully saturated rings. The summed E-state index contributed by atoms with van der Waals surface area (Å²) in [5.41, 5.74) is 2.88. The standard InChI is InChI=1S/C30H30ClF3N6O4S/c1-17-6-7-19(24(13-26(41)42)23-8-10-40-27(18(23)2)36-37-29(40)30(32,33)34)11-20(17)15-38-16-22-5-3-4-9-39(22)28-25(45(38,43)44)12-21(31)14-35-28/h6-8,10-12,14,22,24H,3-5,9,13,15-16H2,1-2H3,(H,41,42)/t22-,24-/m0/s1. The number of aromatic nitrogens is 4. The minimum absolute atomic E-state index is 0.0230. The number of hydrogen-bond donors (Lipinski definition) is 1. The zero-order chi connectivity index (χ0) is 32.3. The van der Waals surface area contributed by atoms with Gasteiger partial charge in [-0.1, -0.05) is 29.8 Å². The Kier molecular flexibility index (Phi) is 8.02. The maximum Gasteiger partial charge on any atom is 0.452 e. The van der Waals surface area contributed by atoms with E-state index in [0.29, 0.717) is 34.6 Å². The molecule has 2 aliphatic heterocycles. The molecule has 0 bridgehead atoms. The van der Waals surface area contributed by atoms with Crippen molar-refractivity contribution < 1.29 is 31.5 Å². The predicted octanol–water partition coefficient (Wildman–Crippen LogP) is 5.58. The molecule has 6 rings (SSSR count). The monoisotopic (exact) mass is 662 g/mol. The van der Waals surface area contributed by atoms with Crippen molar-refractivity contribution in [3.05, 3.63) is 81.4 Å². The Morgan fingerprint density at radius 1 is 1.16 bits per heavy atom. The van der Waals surface area contributed by atoms with Crippen LogP contribution in [0, 0.1) is 13.8 Å². The first-order chi connectivity index (χ1) is 21.3. The van der Waals surface area contributed by atoms with Crippen molar-refractivity contribution in [1.82, 2.24) is 23.9 Å². The second kappa shape index (κ2) is 11.6. The van der Waals surface area contributed by atoms with Crippen molar-refractivity contribution in [1.29, 1.82) is 0 Å². The lowest BCUT2D eigenvalue weighted by molar-refractivity contribution is -0.145. The van der Waals surface area contributed by atoms with E-state index in [4.69, 9.17) is 11.6 Å². The molecule has 0 radical (unpaired) electrons. The summed E-state index contributed by atoms with van der Waals surface area (Å²) in [6.45, 7) is 4.38. The average molecular weight is 663 g/mol. The van der Waals surface area contributed by atoms with Crippen molar-refractivity contribution in [2.24, 2.45) is 0 Å². The summed E-state index contributed by atoms with van der Waals surface area (Å²) >= 11 is 6.22. The second-order valence-electron chi connectivity index (χ2n) is 11.6. The van der Waals surface area contributed by atoms with Gasteiger partial charge in [-0.05, 0) is 73.1 Å². The van der Waals surface area contributed by atoms with Crippen LogP contribution >= 0.6 is 11.6 Å². The molecule has 2 atom stereocenters. The number of sulfonamides is 1. The van der Waals surface area contributed by atoms with E-state index in [1.54, 1.807) is 25.1 Å². The number of nitrogens with zero attached hydrogens (tertiary/aromatic N) is 6. The van der Waals surface area contributed by atoms with Crippen molar-refractivity contribution >= 4 is 39.1 Å². The second-order valence-corrected chi connectivity index (χ2v) is 13.9. The van der Waals surface area contributed by atoms with Gasteiger partial charge in [-0.25, -0.2) is 13.4 Å². The smallest absolute Gasteiger partial charge is 0.452 e. The number of hydrogen-bond acceptors (Lipinski definition) is 7. The fourth-order valence-corrected chi connectivity index (χ4v) is 8.28. The van der Waals surface area contributed by atoms with Crippen LogP contribution in [-0.4, -0.2) is 62.5 Å². The van der Waals surface area contributed by atoms with E-state index in [1.807, 2.05) is 11.8 Å². The van der Waals surface area contributed by atoms with Crippen LogP contribution in [0.1, 0.15) is 65.2 Å². The van der Waals surface area contributed by atoms with Gasteiger partial charge in [0, 0.05) is 44.0 Å². The molecule has 3 aromatic heterocycles. The Balaban J connectivity index is 1.41. The molecule has 0 saturated carbocycles. The van der Waals surface area contributed by atoms with Gasteiger partial charge in [-0.2, -0.15) is 17.5 Å². The zero-order valence-electron chi connectivity index (χ0n) is 24.4. The lowest BCUT2D eigenvalue weighted by Crippen LogP contribution is -2.45. The van der Waals surface area contributed by atoms with Gasteiger partial charge < -0.3 is 10.0 Å². The molecule has 1 aromatic carbocycles. The number of pyridine rings is 2.